The van der Waals surface area contributed by atoms with Crippen LogP contribution in [0.4, 0.5) is 0 Å². The molecular formula is C25H24ClN3O6. The van der Waals surface area contributed by atoms with Gasteiger partial charge in [-0.05, 0) is 36.4 Å². The quantitative estimate of drug-likeness (QED) is 0.457. The van der Waals surface area contributed by atoms with E-state index in [4.69, 9.17) is 30.9 Å². The molecule has 0 aliphatic carbocycles. The van der Waals surface area contributed by atoms with Crippen LogP contribution in [0.15, 0.2) is 47.6 Å². The second-order valence-corrected chi connectivity index (χ2v) is 8.29. The largest absolute Gasteiger partial charge is 0.497 e. The topological polar surface area (TPSA) is 111 Å². The van der Waals surface area contributed by atoms with E-state index >= 15 is 0 Å². The van der Waals surface area contributed by atoms with Crippen molar-refractivity contribution < 1.29 is 28.9 Å². The Balaban J connectivity index is 1.78. The summed E-state index contributed by atoms with van der Waals surface area (Å²) in [6.07, 6.45) is -0.163. The maximum absolute atomic E-state index is 13.1. The molecule has 0 unspecified atom stereocenters. The highest BCUT2D eigenvalue weighted by molar-refractivity contribution is 6.30. The van der Waals surface area contributed by atoms with Crippen molar-refractivity contribution in [2.45, 2.75) is 25.3 Å². The van der Waals surface area contributed by atoms with E-state index in [2.05, 4.69) is 10.1 Å². The number of methoxy groups -OCH3 is 3. The number of carbonyl (C=O) groups excluding carboxylic acids is 1. The summed E-state index contributed by atoms with van der Waals surface area (Å²) in [5, 5.41) is 16.0. The van der Waals surface area contributed by atoms with Crippen LogP contribution in [0.25, 0.3) is 10.9 Å². The molecule has 182 valence electrons. The second kappa shape index (κ2) is 10.2. The molecule has 1 aliphatic rings. The van der Waals surface area contributed by atoms with Gasteiger partial charge in [-0.2, -0.15) is 5.10 Å². The van der Waals surface area contributed by atoms with Gasteiger partial charge in [-0.25, -0.2) is 9.99 Å². The van der Waals surface area contributed by atoms with Gasteiger partial charge in [0.25, 0.3) is 0 Å². The van der Waals surface area contributed by atoms with E-state index in [1.54, 1.807) is 51.7 Å². The smallest absolute Gasteiger partial charge is 0.303 e. The Morgan fingerprint density at radius 3 is 2.31 bits per heavy atom. The van der Waals surface area contributed by atoms with Gasteiger partial charge in [0.15, 0.2) is 0 Å². The fourth-order valence-electron chi connectivity index (χ4n) is 3.97. The first-order chi connectivity index (χ1) is 16.8. The summed E-state index contributed by atoms with van der Waals surface area (Å²) in [5.41, 5.74) is 2.61. The van der Waals surface area contributed by atoms with Crippen LogP contribution in [0.2, 0.25) is 5.15 Å². The highest BCUT2D eigenvalue weighted by atomic mass is 35.5. The number of hydrogen-bond donors (Lipinski definition) is 1. The Kier molecular flexibility index (Phi) is 7.07. The van der Waals surface area contributed by atoms with Gasteiger partial charge in [-0.3, -0.25) is 9.59 Å². The molecule has 35 heavy (non-hydrogen) atoms. The van der Waals surface area contributed by atoms with Gasteiger partial charge < -0.3 is 19.3 Å². The fraction of sp³-hybridized carbons (Fsp3) is 0.280. The minimum Gasteiger partial charge on any atom is -0.497 e. The Bertz CT molecular complexity index is 1300. The van der Waals surface area contributed by atoms with Crippen LogP contribution in [-0.2, 0) is 9.59 Å². The molecule has 0 spiro atoms. The average molecular weight is 498 g/mol. The van der Waals surface area contributed by atoms with Gasteiger partial charge in [-0.1, -0.05) is 11.6 Å². The number of benzene rings is 2. The lowest BCUT2D eigenvalue weighted by Gasteiger charge is -2.23. The maximum Gasteiger partial charge on any atom is 0.303 e. The number of aromatic nitrogens is 1. The Morgan fingerprint density at radius 2 is 1.69 bits per heavy atom. The molecule has 0 fully saturated rings. The predicted molar refractivity (Wildman–Crippen MR) is 130 cm³/mol. The van der Waals surface area contributed by atoms with Gasteiger partial charge in [0.1, 0.15) is 22.4 Å². The van der Waals surface area contributed by atoms with Crippen molar-refractivity contribution in [3.05, 3.63) is 58.7 Å². The molecule has 0 saturated heterocycles. The number of fused-ring (bicyclic) bond motifs is 1. The third kappa shape index (κ3) is 5.14. The van der Waals surface area contributed by atoms with Crippen molar-refractivity contribution in [1.29, 1.82) is 0 Å². The number of nitrogens with zero attached hydrogens (tertiary/aromatic N) is 3. The molecule has 0 radical (unpaired) electrons. The molecule has 1 amide bonds. The number of pyridine rings is 1. The molecule has 0 saturated carbocycles. The van der Waals surface area contributed by atoms with Crippen LogP contribution in [0, 0.1) is 0 Å². The lowest BCUT2D eigenvalue weighted by Crippen LogP contribution is -2.27. The van der Waals surface area contributed by atoms with E-state index in [0.29, 0.717) is 46.0 Å². The molecule has 0 bridgehead atoms. The van der Waals surface area contributed by atoms with Gasteiger partial charge >= 0.3 is 5.97 Å². The average Bonchev–Trinajstić information content (AvgIpc) is 3.31. The predicted octanol–water partition coefficient (Wildman–Crippen LogP) is 4.46. The van der Waals surface area contributed by atoms with Crippen molar-refractivity contribution in [2.24, 2.45) is 5.10 Å². The number of carboxylic acids is 1. The molecule has 2 aromatic carbocycles. The molecule has 4 rings (SSSR count). The molecule has 2 heterocycles. The Morgan fingerprint density at radius 1 is 1.00 bits per heavy atom. The zero-order chi connectivity index (χ0) is 25.1. The van der Waals surface area contributed by atoms with Crippen LogP contribution in [-0.4, -0.2) is 54.0 Å². The van der Waals surface area contributed by atoms with E-state index < -0.39 is 17.9 Å². The van der Waals surface area contributed by atoms with Crippen molar-refractivity contribution in [3.8, 4) is 17.2 Å². The highest BCUT2D eigenvalue weighted by Gasteiger charge is 2.35. The first-order valence-corrected chi connectivity index (χ1v) is 11.2. The van der Waals surface area contributed by atoms with E-state index in [-0.39, 0.29) is 18.0 Å². The van der Waals surface area contributed by atoms with E-state index in [1.165, 1.54) is 5.01 Å². The van der Waals surface area contributed by atoms with Crippen LogP contribution in [0.1, 0.15) is 36.4 Å². The van der Waals surface area contributed by atoms with E-state index in [1.807, 2.05) is 12.1 Å². The molecule has 1 atom stereocenters. The number of carbonyl (C=O) groups is 2. The van der Waals surface area contributed by atoms with Crippen molar-refractivity contribution in [3.63, 3.8) is 0 Å². The second-order valence-electron chi connectivity index (χ2n) is 7.93. The Labute approximate surface area is 206 Å². The number of rotatable bonds is 8. The maximum atomic E-state index is 13.1. The summed E-state index contributed by atoms with van der Waals surface area (Å²) in [6.45, 7) is 0. The number of aliphatic carboxylic acids is 1. The highest BCUT2D eigenvalue weighted by Crippen LogP contribution is 2.39. The van der Waals surface area contributed by atoms with Crippen molar-refractivity contribution in [2.75, 3.05) is 21.3 Å². The Hall–Kier alpha value is -3.85. The van der Waals surface area contributed by atoms with Crippen LogP contribution in [0.3, 0.4) is 0 Å². The minimum absolute atomic E-state index is 0.198. The zero-order valence-electron chi connectivity index (χ0n) is 19.4. The van der Waals surface area contributed by atoms with E-state index in [9.17, 15) is 9.59 Å². The third-order valence-electron chi connectivity index (χ3n) is 5.76. The first-order valence-electron chi connectivity index (χ1n) is 10.8. The lowest BCUT2D eigenvalue weighted by molar-refractivity contribution is -0.141. The summed E-state index contributed by atoms with van der Waals surface area (Å²) in [5.74, 6) is 0.324. The summed E-state index contributed by atoms with van der Waals surface area (Å²) in [7, 11) is 4.68. The molecule has 1 aromatic heterocycles. The van der Waals surface area contributed by atoms with Crippen LogP contribution in [0.5, 0.6) is 17.2 Å². The SMILES string of the molecule is COc1cc(OC)cc(C2=NN(C(=O)CCC(=O)O)[C@H](c3cc4cc(OC)ccc4nc3Cl)C2)c1. The van der Waals surface area contributed by atoms with Crippen molar-refractivity contribution >= 4 is 40.1 Å². The minimum atomic E-state index is -1.06. The number of halogens is 1. The molecule has 1 N–H and O–H groups in total. The summed E-state index contributed by atoms with van der Waals surface area (Å²) < 4.78 is 16.1. The first kappa shape index (κ1) is 24.3. The van der Waals surface area contributed by atoms with Gasteiger partial charge in [-0.15, -0.1) is 0 Å². The van der Waals surface area contributed by atoms with Gasteiger partial charge in [0.05, 0.1) is 45.0 Å². The van der Waals surface area contributed by atoms with Gasteiger partial charge in [0, 0.05) is 35.4 Å². The van der Waals surface area contributed by atoms with Crippen molar-refractivity contribution in [1.82, 2.24) is 9.99 Å². The number of hydrogen-bond acceptors (Lipinski definition) is 7. The molecular weight excluding hydrogens is 474 g/mol. The summed E-state index contributed by atoms with van der Waals surface area (Å²) >= 11 is 6.58. The molecule has 3 aromatic rings. The number of ether oxygens (including phenoxy) is 3. The normalized spacial score (nSPS) is 15.1. The monoisotopic (exact) mass is 497 g/mol. The number of carboxylic acid groups (broad SMARTS) is 1. The van der Waals surface area contributed by atoms with Gasteiger partial charge in [0.2, 0.25) is 5.91 Å². The lowest BCUT2D eigenvalue weighted by atomic mass is 9.98. The molecule has 10 heteroatoms. The summed E-state index contributed by atoms with van der Waals surface area (Å²) in [6, 6.07) is 12.1. The number of amides is 1. The molecule has 9 nitrogen and oxygen atoms in total. The van der Waals surface area contributed by atoms with E-state index in [0.717, 1.165) is 5.39 Å². The fourth-order valence-corrected chi connectivity index (χ4v) is 4.24. The zero-order valence-corrected chi connectivity index (χ0v) is 20.2. The molecule has 1 aliphatic heterocycles. The van der Waals surface area contributed by atoms with Crippen LogP contribution < -0.4 is 14.2 Å². The van der Waals surface area contributed by atoms with Crippen LogP contribution >= 0.6 is 11.6 Å². The number of hydrazone groups is 1. The third-order valence-corrected chi connectivity index (χ3v) is 6.07. The summed E-state index contributed by atoms with van der Waals surface area (Å²) in [4.78, 5) is 28.6. The standard InChI is InChI=1S/C25H24ClN3O6/c1-33-16-4-5-20-15(8-16)11-19(25(26)27-20)22-13-21(28-29(22)23(30)6-7-24(31)32)14-9-17(34-2)12-18(10-14)35-3/h4-5,8-12,22H,6-7,13H2,1-3H3,(H,31,32)/t22-/m0/s1.